The number of phenolic OH excluding ortho intramolecular Hbond substituents is 1. The summed E-state index contributed by atoms with van der Waals surface area (Å²) in [6.07, 6.45) is 11.3. The molecule has 0 fully saturated rings. The molecule has 0 bridgehead atoms. The third-order valence-corrected chi connectivity index (χ3v) is 10.4. The standard InChI is InChI=1S/C31H52O4.C13H10O/c1-20(2)13-10-14-21(3)15-11-16-22(4)17-12-18-31(9)28(34-26(8)32)19-27-25(7)29(33)23(5)24(6)30(27)35-31;14-13(11-7-3-1-4-8-11)12-9-5-2-6-10-12/h20-22,28,33H,10-19H2,1-9H3;1-10H/t21-,22+,28?,31-;/m0./s1. The molecule has 0 radical (unpaired) electrons. The van der Waals surface area contributed by atoms with E-state index >= 15 is 0 Å². The SMILES string of the molecule is CC(=O)OC1Cc2c(C)c(O)c(C)c(C)c2O[C@@]1(C)CCC[C@H](C)CCC[C@@H](C)CCCC(C)C.O=C(c1ccccc1)c1ccccc1. The van der Waals surface area contributed by atoms with Crippen LogP contribution in [0.15, 0.2) is 60.7 Å². The molecule has 1 unspecified atom stereocenters. The molecule has 0 saturated carbocycles. The van der Waals surface area contributed by atoms with E-state index in [0.29, 0.717) is 18.1 Å². The zero-order chi connectivity index (χ0) is 36.1. The highest BCUT2D eigenvalue weighted by Crippen LogP contribution is 2.45. The highest BCUT2D eigenvalue weighted by Gasteiger charge is 2.44. The lowest BCUT2D eigenvalue weighted by molar-refractivity contribution is -0.161. The fraction of sp³-hybridized carbons (Fsp3) is 0.545. The first-order valence-electron chi connectivity index (χ1n) is 18.6. The highest BCUT2D eigenvalue weighted by molar-refractivity contribution is 6.08. The minimum Gasteiger partial charge on any atom is -0.507 e. The summed E-state index contributed by atoms with van der Waals surface area (Å²) in [5, 5.41) is 10.5. The molecule has 1 aliphatic rings. The zero-order valence-corrected chi connectivity index (χ0v) is 31.7. The molecule has 0 saturated heterocycles. The van der Waals surface area contributed by atoms with E-state index in [1.807, 2.05) is 81.4 Å². The van der Waals surface area contributed by atoms with Gasteiger partial charge in [-0.25, -0.2) is 0 Å². The molecule has 3 aromatic carbocycles. The molecule has 0 amide bonds. The van der Waals surface area contributed by atoms with Crippen molar-refractivity contribution in [3.63, 3.8) is 0 Å². The van der Waals surface area contributed by atoms with Gasteiger partial charge in [0.2, 0.25) is 0 Å². The van der Waals surface area contributed by atoms with Gasteiger partial charge < -0.3 is 14.6 Å². The minimum atomic E-state index is -0.566. The average Bonchev–Trinajstić information content (AvgIpc) is 3.07. The molecule has 5 nitrogen and oxygen atoms in total. The molecule has 0 aromatic heterocycles. The van der Waals surface area contributed by atoms with Crippen molar-refractivity contribution in [2.24, 2.45) is 17.8 Å². The first kappa shape index (κ1) is 39.8. The Hall–Kier alpha value is -3.60. The Morgan fingerprint density at radius 1 is 0.776 bits per heavy atom. The van der Waals surface area contributed by atoms with Crippen molar-refractivity contribution in [1.82, 2.24) is 0 Å². The largest absolute Gasteiger partial charge is 0.507 e. The Bertz CT molecular complexity index is 1440. The normalized spacial score (nSPS) is 18.0. The maximum atomic E-state index is 11.9. The van der Waals surface area contributed by atoms with Gasteiger partial charge in [-0.1, -0.05) is 133 Å². The third kappa shape index (κ3) is 11.8. The maximum absolute atomic E-state index is 11.9. The van der Waals surface area contributed by atoms with Gasteiger partial charge in [0.25, 0.3) is 0 Å². The first-order valence-corrected chi connectivity index (χ1v) is 18.6. The Kier molecular flexibility index (Phi) is 15.4. The second-order valence-corrected chi connectivity index (χ2v) is 15.2. The predicted molar refractivity (Wildman–Crippen MR) is 202 cm³/mol. The smallest absolute Gasteiger partial charge is 0.303 e. The van der Waals surface area contributed by atoms with Gasteiger partial charge in [-0.15, -0.1) is 0 Å². The van der Waals surface area contributed by atoms with Gasteiger partial charge >= 0.3 is 5.97 Å². The number of carbonyl (C=O) groups is 2. The van der Waals surface area contributed by atoms with E-state index in [4.69, 9.17) is 9.47 Å². The number of esters is 1. The number of carbonyl (C=O) groups excluding carboxylic acids is 2. The van der Waals surface area contributed by atoms with Crippen molar-refractivity contribution in [3.05, 3.63) is 94.0 Å². The van der Waals surface area contributed by atoms with Gasteiger partial charge in [-0.2, -0.15) is 0 Å². The second kappa shape index (κ2) is 19.0. The van der Waals surface area contributed by atoms with E-state index in [1.54, 1.807) is 0 Å². The minimum absolute atomic E-state index is 0.0752. The number of hydrogen-bond donors (Lipinski definition) is 1. The van der Waals surface area contributed by atoms with Crippen molar-refractivity contribution < 1.29 is 24.2 Å². The Morgan fingerprint density at radius 2 is 1.27 bits per heavy atom. The molecule has 1 aliphatic heterocycles. The van der Waals surface area contributed by atoms with Crippen LogP contribution < -0.4 is 4.74 Å². The quantitative estimate of drug-likeness (QED) is 0.129. The van der Waals surface area contributed by atoms with Crippen molar-refractivity contribution in [2.45, 2.75) is 138 Å². The van der Waals surface area contributed by atoms with Crippen molar-refractivity contribution in [2.75, 3.05) is 0 Å². The predicted octanol–water partition coefficient (Wildman–Crippen LogP) is 11.3. The molecule has 5 heteroatoms. The lowest BCUT2D eigenvalue weighted by Crippen LogP contribution is -2.51. The number of phenols is 1. The summed E-state index contributed by atoms with van der Waals surface area (Å²) in [7, 11) is 0. The number of rotatable bonds is 15. The van der Waals surface area contributed by atoms with Gasteiger partial charge in [0.1, 0.15) is 23.2 Å². The Morgan fingerprint density at radius 3 is 1.76 bits per heavy atom. The number of hydrogen-bond acceptors (Lipinski definition) is 5. The van der Waals surface area contributed by atoms with Crippen LogP contribution in [0.3, 0.4) is 0 Å². The van der Waals surface area contributed by atoms with E-state index < -0.39 is 5.60 Å². The maximum Gasteiger partial charge on any atom is 0.303 e. The number of ether oxygens (including phenoxy) is 2. The van der Waals surface area contributed by atoms with E-state index in [-0.39, 0.29) is 17.9 Å². The number of aromatic hydroxyl groups is 1. The van der Waals surface area contributed by atoms with E-state index in [0.717, 1.165) is 70.2 Å². The van der Waals surface area contributed by atoms with Crippen molar-refractivity contribution in [3.8, 4) is 11.5 Å². The molecule has 1 N–H and O–H groups in total. The van der Waals surface area contributed by atoms with Crippen LogP contribution in [-0.4, -0.2) is 28.6 Å². The summed E-state index contributed by atoms with van der Waals surface area (Å²) in [6.45, 7) is 18.8. The van der Waals surface area contributed by atoms with Crippen LogP contribution in [0.2, 0.25) is 0 Å². The molecule has 268 valence electrons. The van der Waals surface area contributed by atoms with Crippen LogP contribution in [0.5, 0.6) is 11.5 Å². The molecule has 0 aliphatic carbocycles. The van der Waals surface area contributed by atoms with E-state index in [2.05, 4.69) is 34.6 Å². The summed E-state index contributed by atoms with van der Waals surface area (Å²) in [5.41, 5.74) is 4.54. The van der Waals surface area contributed by atoms with Crippen LogP contribution in [0.1, 0.15) is 138 Å². The van der Waals surface area contributed by atoms with Gasteiger partial charge in [-0.3, -0.25) is 9.59 Å². The number of fused-ring (bicyclic) bond motifs is 1. The Balaban J connectivity index is 0.000000382. The lowest BCUT2D eigenvalue weighted by atomic mass is 9.81. The summed E-state index contributed by atoms with van der Waals surface area (Å²) in [5.74, 6) is 3.31. The van der Waals surface area contributed by atoms with Crippen LogP contribution in [0, 0.1) is 38.5 Å². The van der Waals surface area contributed by atoms with Crippen LogP contribution in [0.25, 0.3) is 0 Å². The summed E-state index contributed by atoms with van der Waals surface area (Å²) < 4.78 is 12.4. The highest BCUT2D eigenvalue weighted by atomic mass is 16.6. The van der Waals surface area contributed by atoms with Crippen LogP contribution >= 0.6 is 0 Å². The van der Waals surface area contributed by atoms with Crippen molar-refractivity contribution >= 4 is 11.8 Å². The van der Waals surface area contributed by atoms with Gasteiger partial charge in [0.05, 0.1) is 0 Å². The van der Waals surface area contributed by atoms with Gasteiger partial charge in [0, 0.05) is 30.0 Å². The average molecular weight is 671 g/mol. The number of ketones is 1. The monoisotopic (exact) mass is 670 g/mol. The van der Waals surface area contributed by atoms with Crippen LogP contribution in [-0.2, 0) is 16.0 Å². The molecule has 0 spiro atoms. The lowest BCUT2D eigenvalue weighted by Gasteiger charge is -2.43. The fourth-order valence-corrected chi connectivity index (χ4v) is 6.96. The van der Waals surface area contributed by atoms with Crippen LogP contribution in [0.4, 0.5) is 0 Å². The van der Waals surface area contributed by atoms with E-state index in [9.17, 15) is 14.7 Å². The van der Waals surface area contributed by atoms with E-state index in [1.165, 1.54) is 45.4 Å². The molecule has 1 heterocycles. The fourth-order valence-electron chi connectivity index (χ4n) is 6.96. The summed E-state index contributed by atoms with van der Waals surface area (Å²) >= 11 is 0. The Labute approximate surface area is 296 Å². The molecular weight excluding hydrogens is 608 g/mol. The summed E-state index contributed by atoms with van der Waals surface area (Å²) in [4.78, 5) is 23.8. The van der Waals surface area contributed by atoms with Gasteiger partial charge in [0.15, 0.2) is 5.78 Å². The molecular formula is C44H62O5. The van der Waals surface area contributed by atoms with Gasteiger partial charge in [-0.05, 0) is 75.0 Å². The number of benzene rings is 3. The third-order valence-electron chi connectivity index (χ3n) is 10.4. The zero-order valence-electron chi connectivity index (χ0n) is 31.7. The second-order valence-electron chi connectivity index (χ2n) is 15.2. The van der Waals surface area contributed by atoms with Crippen molar-refractivity contribution in [1.29, 1.82) is 0 Å². The molecule has 4 atom stereocenters. The summed E-state index contributed by atoms with van der Waals surface area (Å²) in [6, 6.07) is 18.6. The first-order chi connectivity index (χ1) is 23.2. The molecule has 3 aromatic rings. The molecule has 4 rings (SSSR count). The topological polar surface area (TPSA) is 72.8 Å². The molecule has 49 heavy (non-hydrogen) atoms.